The molecule has 0 unspecified atom stereocenters. The molecule has 0 aliphatic heterocycles. The topological polar surface area (TPSA) is 83.8 Å². The summed E-state index contributed by atoms with van der Waals surface area (Å²) in [6.45, 7) is 4.13. The van der Waals surface area contributed by atoms with Crippen molar-refractivity contribution < 1.29 is 13.2 Å². The third-order valence-electron chi connectivity index (χ3n) is 5.92. The lowest BCUT2D eigenvalue weighted by molar-refractivity contribution is 0.0955. The highest BCUT2D eigenvalue weighted by Gasteiger charge is 2.18. The van der Waals surface area contributed by atoms with Crippen LogP contribution in [0.2, 0.25) is 5.02 Å². The molecule has 0 spiro atoms. The highest BCUT2D eigenvalue weighted by Crippen LogP contribution is 2.26. The average molecular weight is 535 g/mol. The van der Waals surface area contributed by atoms with E-state index in [1.165, 1.54) is 4.31 Å². The van der Waals surface area contributed by atoms with Gasteiger partial charge in [0.1, 0.15) is 0 Å². The summed E-state index contributed by atoms with van der Waals surface area (Å²) in [4.78, 5) is 12.6. The van der Waals surface area contributed by atoms with Gasteiger partial charge in [0.2, 0.25) is 10.0 Å². The number of halogens is 1. The maximum Gasteiger partial charge on any atom is 0.271 e. The Morgan fingerprint density at radius 1 is 1.00 bits per heavy atom. The fourth-order valence-electron chi connectivity index (χ4n) is 4.08. The molecule has 1 heterocycles. The minimum atomic E-state index is -3.52. The summed E-state index contributed by atoms with van der Waals surface area (Å²) in [6.07, 6.45) is 2.75. The van der Waals surface area contributed by atoms with E-state index in [9.17, 15) is 13.2 Å². The summed E-state index contributed by atoms with van der Waals surface area (Å²) in [6, 6.07) is 25.3. The molecule has 0 aliphatic rings. The molecular formula is C28H27ClN4O3S. The number of nitrogens with one attached hydrogen (secondary N) is 1. The lowest BCUT2D eigenvalue weighted by Gasteiger charge is -2.22. The molecule has 0 radical (unpaired) electrons. The number of aryl methyl sites for hydroxylation is 1. The van der Waals surface area contributed by atoms with Crippen molar-refractivity contribution in [2.75, 3.05) is 10.6 Å². The number of rotatable bonds is 8. The van der Waals surface area contributed by atoms with Crippen molar-refractivity contribution in [1.82, 2.24) is 9.99 Å². The van der Waals surface area contributed by atoms with Gasteiger partial charge in [-0.3, -0.25) is 9.10 Å². The van der Waals surface area contributed by atoms with Crippen molar-refractivity contribution in [3.8, 4) is 5.69 Å². The molecule has 0 bridgehead atoms. The van der Waals surface area contributed by atoms with E-state index >= 15 is 0 Å². The zero-order valence-electron chi connectivity index (χ0n) is 20.7. The number of anilines is 1. The largest absolute Gasteiger partial charge is 0.316 e. The van der Waals surface area contributed by atoms with Gasteiger partial charge in [-0.15, -0.1) is 0 Å². The Kier molecular flexibility index (Phi) is 7.80. The lowest BCUT2D eigenvalue weighted by atomic mass is 10.2. The minimum absolute atomic E-state index is 0.197. The molecule has 4 aromatic rings. The Morgan fingerprint density at radius 2 is 1.65 bits per heavy atom. The second-order valence-electron chi connectivity index (χ2n) is 8.61. The van der Waals surface area contributed by atoms with Gasteiger partial charge in [-0.05, 0) is 61.9 Å². The molecule has 0 aliphatic carbocycles. The van der Waals surface area contributed by atoms with Gasteiger partial charge in [-0.25, -0.2) is 13.8 Å². The molecule has 0 saturated heterocycles. The second kappa shape index (κ2) is 11.0. The Labute approximate surface area is 222 Å². The number of benzene rings is 3. The van der Waals surface area contributed by atoms with Gasteiger partial charge in [0, 0.05) is 22.5 Å². The molecule has 0 atom stereocenters. The fourth-order valence-corrected chi connectivity index (χ4v) is 5.18. The molecule has 190 valence electrons. The van der Waals surface area contributed by atoms with Gasteiger partial charge in [-0.2, -0.15) is 5.10 Å². The van der Waals surface area contributed by atoms with Crippen LogP contribution in [0.1, 0.15) is 32.9 Å². The number of aromatic nitrogens is 1. The van der Waals surface area contributed by atoms with Crippen LogP contribution >= 0.6 is 11.6 Å². The molecular weight excluding hydrogens is 508 g/mol. The van der Waals surface area contributed by atoms with Crippen LogP contribution in [0.25, 0.3) is 5.69 Å². The van der Waals surface area contributed by atoms with E-state index in [0.29, 0.717) is 16.3 Å². The summed E-state index contributed by atoms with van der Waals surface area (Å²) < 4.78 is 28.2. The number of hydrogen-bond acceptors (Lipinski definition) is 4. The van der Waals surface area contributed by atoms with Crippen LogP contribution in [-0.2, 0) is 16.6 Å². The standard InChI is InChI=1S/C28H27ClN4O3S/c1-20-17-24(21(2)33(20)27-12-8-7-11-26(27)29)18-30-31-28(34)23-13-15-25(16-14-23)32(37(3,35)36)19-22-9-5-4-6-10-22/h4-18H,19H2,1-3H3,(H,31,34)/b30-18-. The van der Waals surface area contributed by atoms with Crippen LogP contribution < -0.4 is 9.73 Å². The van der Waals surface area contributed by atoms with E-state index in [2.05, 4.69) is 10.5 Å². The Bertz CT molecular complexity index is 1550. The molecule has 1 amide bonds. The SMILES string of the molecule is Cc1cc(/C=N\NC(=O)c2ccc(N(Cc3ccccc3)S(C)(=O)=O)cc2)c(C)n1-c1ccccc1Cl. The summed E-state index contributed by atoms with van der Waals surface area (Å²) in [5.74, 6) is -0.406. The Balaban J connectivity index is 1.47. The van der Waals surface area contributed by atoms with E-state index in [0.717, 1.165) is 34.5 Å². The molecule has 0 fully saturated rings. The molecule has 9 heteroatoms. The molecule has 0 saturated carbocycles. The number of hydrogen-bond donors (Lipinski definition) is 1. The third-order valence-corrected chi connectivity index (χ3v) is 7.38. The van der Waals surface area contributed by atoms with E-state index in [4.69, 9.17) is 11.6 Å². The highest BCUT2D eigenvalue weighted by atomic mass is 35.5. The molecule has 37 heavy (non-hydrogen) atoms. The molecule has 7 nitrogen and oxygen atoms in total. The zero-order chi connectivity index (χ0) is 26.6. The number of carbonyl (C=O) groups excluding carboxylic acids is 1. The zero-order valence-corrected chi connectivity index (χ0v) is 22.3. The van der Waals surface area contributed by atoms with E-state index in [1.54, 1.807) is 30.5 Å². The molecule has 3 aromatic carbocycles. The van der Waals surface area contributed by atoms with Crippen LogP contribution in [0.4, 0.5) is 5.69 Å². The number of nitrogens with zero attached hydrogens (tertiary/aromatic N) is 3. The molecule has 1 aromatic heterocycles. The monoisotopic (exact) mass is 534 g/mol. The number of carbonyl (C=O) groups is 1. The predicted octanol–water partition coefficient (Wildman–Crippen LogP) is 5.48. The first-order valence-corrected chi connectivity index (χ1v) is 13.8. The lowest BCUT2D eigenvalue weighted by Crippen LogP contribution is -2.29. The first-order valence-electron chi connectivity index (χ1n) is 11.5. The van der Waals surface area contributed by atoms with Crippen LogP contribution in [0, 0.1) is 13.8 Å². The number of sulfonamides is 1. The maximum atomic E-state index is 12.6. The van der Waals surface area contributed by atoms with Crippen molar-refractivity contribution in [2.45, 2.75) is 20.4 Å². The summed E-state index contributed by atoms with van der Waals surface area (Å²) >= 11 is 6.37. The first-order chi connectivity index (χ1) is 17.6. The van der Waals surface area contributed by atoms with E-state index in [-0.39, 0.29) is 6.54 Å². The van der Waals surface area contributed by atoms with Crippen molar-refractivity contribution in [2.24, 2.45) is 5.10 Å². The third kappa shape index (κ3) is 6.10. The van der Waals surface area contributed by atoms with E-state index in [1.807, 2.05) is 79.1 Å². The maximum absolute atomic E-state index is 12.6. The van der Waals surface area contributed by atoms with Gasteiger partial charge in [-0.1, -0.05) is 54.1 Å². The number of hydrazone groups is 1. The Morgan fingerprint density at radius 3 is 2.30 bits per heavy atom. The van der Waals surface area contributed by atoms with Crippen molar-refractivity contribution in [3.05, 3.63) is 118 Å². The van der Waals surface area contributed by atoms with Crippen molar-refractivity contribution in [3.63, 3.8) is 0 Å². The van der Waals surface area contributed by atoms with Gasteiger partial charge in [0.15, 0.2) is 0 Å². The van der Waals surface area contributed by atoms with Crippen LogP contribution in [0.15, 0.2) is 90.0 Å². The van der Waals surface area contributed by atoms with Crippen LogP contribution in [0.5, 0.6) is 0 Å². The smallest absolute Gasteiger partial charge is 0.271 e. The quantitative estimate of drug-likeness (QED) is 0.240. The van der Waals surface area contributed by atoms with Gasteiger partial charge >= 0.3 is 0 Å². The van der Waals surface area contributed by atoms with Crippen molar-refractivity contribution in [1.29, 1.82) is 0 Å². The second-order valence-corrected chi connectivity index (χ2v) is 10.9. The summed E-state index contributed by atoms with van der Waals surface area (Å²) in [5, 5.41) is 4.77. The molecule has 4 rings (SSSR count). The van der Waals surface area contributed by atoms with E-state index < -0.39 is 15.9 Å². The Hall–Kier alpha value is -3.88. The van der Waals surface area contributed by atoms with Crippen LogP contribution in [0.3, 0.4) is 0 Å². The number of para-hydroxylation sites is 1. The van der Waals surface area contributed by atoms with Gasteiger partial charge < -0.3 is 4.57 Å². The first kappa shape index (κ1) is 26.2. The fraction of sp³-hybridized carbons (Fsp3) is 0.143. The number of amides is 1. The predicted molar refractivity (Wildman–Crippen MR) is 149 cm³/mol. The highest BCUT2D eigenvalue weighted by molar-refractivity contribution is 7.92. The van der Waals surface area contributed by atoms with Gasteiger partial charge in [0.05, 0.1) is 35.4 Å². The van der Waals surface area contributed by atoms with Crippen LogP contribution in [-0.4, -0.2) is 31.4 Å². The average Bonchev–Trinajstić information content (AvgIpc) is 3.15. The van der Waals surface area contributed by atoms with Crippen molar-refractivity contribution >= 4 is 39.4 Å². The molecule has 1 N–H and O–H groups in total. The summed E-state index contributed by atoms with van der Waals surface area (Å²) in [7, 11) is -3.52. The van der Waals surface area contributed by atoms with Gasteiger partial charge in [0.25, 0.3) is 5.91 Å². The normalized spacial score (nSPS) is 11.6. The minimum Gasteiger partial charge on any atom is -0.316 e. The summed E-state index contributed by atoms with van der Waals surface area (Å²) in [5.41, 5.74) is 7.87.